The zero-order valence-electron chi connectivity index (χ0n) is 39.5. The summed E-state index contributed by atoms with van der Waals surface area (Å²) < 4.78 is 5.64. The summed E-state index contributed by atoms with van der Waals surface area (Å²) in [5.41, 5.74) is 21.5. The molecule has 0 saturated carbocycles. The van der Waals surface area contributed by atoms with Gasteiger partial charge in [-0.25, -0.2) is 0 Å². The van der Waals surface area contributed by atoms with Gasteiger partial charge in [0.2, 0.25) is 0 Å². The number of anilines is 6. The molecule has 2 aliphatic heterocycles. The standard InChI is InChI=1S/C60H57BN2S2/c1-35-30-50-54-51(31-35)63(43-24-16-37(17-25-43)36-14-19-39(20-15-36)58(2,3)4)55-47-32-41(60(8,9)10)23-29-52(47)65-57(55)61(54)48-33-46-45-28-18-38-12-11-13-44(38)56(45)64-53(46)34-49(48)62(50)42-26-21-40(22-27-42)59(5,6)7/h14-34H,11-13H2,1-10H3. The first-order valence-electron chi connectivity index (χ1n) is 23.7. The smallest absolute Gasteiger partial charge is 0.264 e. The number of fused-ring (bicyclic) bond motifs is 11. The maximum Gasteiger partial charge on any atom is 0.264 e. The molecule has 0 atom stereocenters. The molecular formula is C60H57BN2S2. The Kier molecular flexibility index (Phi) is 8.92. The van der Waals surface area contributed by atoms with Crippen molar-refractivity contribution in [1.29, 1.82) is 0 Å². The van der Waals surface area contributed by atoms with E-state index in [1.807, 2.05) is 22.7 Å². The highest BCUT2D eigenvalue weighted by Crippen LogP contribution is 2.51. The summed E-state index contributed by atoms with van der Waals surface area (Å²) >= 11 is 4.01. The molecule has 0 unspecified atom stereocenters. The van der Waals surface area contributed by atoms with Gasteiger partial charge in [0.05, 0.1) is 5.69 Å². The molecule has 0 bridgehead atoms. The van der Waals surface area contributed by atoms with Crippen LogP contribution < -0.4 is 25.5 Å². The second-order valence-corrected chi connectivity index (χ2v) is 24.3. The quantitative estimate of drug-likeness (QED) is 0.163. The Morgan fingerprint density at radius 1 is 0.492 bits per heavy atom. The normalized spacial score (nSPS) is 14.6. The minimum Gasteiger partial charge on any atom is -0.311 e. The summed E-state index contributed by atoms with van der Waals surface area (Å²) in [6.45, 7) is 23.2. The summed E-state index contributed by atoms with van der Waals surface area (Å²) in [6.07, 6.45) is 3.64. The molecule has 0 fully saturated rings. The van der Waals surface area contributed by atoms with E-state index in [4.69, 9.17) is 0 Å². The lowest BCUT2D eigenvalue weighted by molar-refractivity contribution is 0.590. The fraction of sp³-hybridized carbons (Fsp3) is 0.267. The minimum atomic E-state index is 0.0145. The van der Waals surface area contributed by atoms with E-state index >= 15 is 0 Å². The van der Waals surface area contributed by atoms with Crippen LogP contribution in [0.5, 0.6) is 0 Å². The van der Waals surface area contributed by atoms with Gasteiger partial charge in [0.1, 0.15) is 0 Å². The Balaban J connectivity index is 1.13. The molecule has 2 aromatic heterocycles. The Hall–Kier alpha value is -5.62. The van der Waals surface area contributed by atoms with Crippen molar-refractivity contribution in [2.45, 2.75) is 105 Å². The average Bonchev–Trinajstić information content (AvgIpc) is 4.00. The lowest BCUT2D eigenvalue weighted by Crippen LogP contribution is -2.60. The molecule has 322 valence electrons. The number of benzene rings is 7. The molecule has 7 aromatic carbocycles. The van der Waals surface area contributed by atoms with Gasteiger partial charge in [-0.3, -0.25) is 0 Å². The third kappa shape index (κ3) is 6.39. The molecule has 0 saturated heterocycles. The molecule has 3 aliphatic rings. The van der Waals surface area contributed by atoms with Gasteiger partial charge < -0.3 is 9.80 Å². The number of nitrogens with zero attached hydrogens (tertiary/aromatic N) is 2. The maximum atomic E-state index is 2.63. The maximum absolute atomic E-state index is 2.63. The molecule has 0 radical (unpaired) electrons. The van der Waals surface area contributed by atoms with Gasteiger partial charge in [-0.2, -0.15) is 0 Å². The Morgan fingerprint density at radius 3 is 1.74 bits per heavy atom. The van der Waals surface area contributed by atoms with Crippen LogP contribution in [0.1, 0.15) is 102 Å². The van der Waals surface area contributed by atoms with Gasteiger partial charge in [0.25, 0.3) is 6.71 Å². The van der Waals surface area contributed by atoms with Crippen LogP contribution in [0, 0.1) is 6.92 Å². The molecule has 1 aliphatic carbocycles. The topological polar surface area (TPSA) is 6.48 Å². The van der Waals surface area contributed by atoms with Crippen molar-refractivity contribution in [2.75, 3.05) is 9.80 Å². The van der Waals surface area contributed by atoms with Crippen molar-refractivity contribution in [3.63, 3.8) is 0 Å². The van der Waals surface area contributed by atoms with Gasteiger partial charge in [-0.1, -0.05) is 135 Å². The zero-order valence-corrected chi connectivity index (χ0v) is 41.2. The van der Waals surface area contributed by atoms with Gasteiger partial charge in [0.15, 0.2) is 0 Å². The van der Waals surface area contributed by atoms with E-state index in [2.05, 4.69) is 206 Å². The summed E-state index contributed by atoms with van der Waals surface area (Å²) in [5, 5.41) is 4.15. The van der Waals surface area contributed by atoms with E-state index in [1.54, 1.807) is 11.1 Å². The van der Waals surface area contributed by atoms with E-state index < -0.39 is 0 Å². The van der Waals surface area contributed by atoms with Crippen molar-refractivity contribution in [3.8, 4) is 11.1 Å². The van der Waals surface area contributed by atoms with Crippen molar-refractivity contribution in [2.24, 2.45) is 0 Å². The summed E-state index contributed by atoms with van der Waals surface area (Å²) in [5.74, 6) is 0. The summed E-state index contributed by atoms with van der Waals surface area (Å²) in [4.78, 5) is 5.24. The fourth-order valence-electron chi connectivity index (χ4n) is 11.1. The largest absolute Gasteiger partial charge is 0.311 e. The molecule has 0 amide bonds. The third-order valence-corrected chi connectivity index (χ3v) is 17.2. The van der Waals surface area contributed by atoms with Gasteiger partial charge >= 0.3 is 0 Å². The average molecular weight is 881 g/mol. The minimum absolute atomic E-state index is 0.0145. The van der Waals surface area contributed by atoms with Crippen LogP contribution in [0.4, 0.5) is 34.1 Å². The zero-order chi connectivity index (χ0) is 44.9. The van der Waals surface area contributed by atoms with E-state index in [9.17, 15) is 0 Å². The predicted molar refractivity (Wildman–Crippen MR) is 287 cm³/mol. The van der Waals surface area contributed by atoms with Gasteiger partial charge in [-0.05, 0) is 158 Å². The fourth-order valence-corrected chi connectivity index (χ4v) is 13.7. The predicted octanol–water partition coefficient (Wildman–Crippen LogP) is 15.7. The summed E-state index contributed by atoms with van der Waals surface area (Å²) in [7, 11) is 0. The molecule has 4 heterocycles. The van der Waals surface area contributed by atoms with Crippen LogP contribution in [0.3, 0.4) is 0 Å². The van der Waals surface area contributed by atoms with Crippen LogP contribution in [-0.4, -0.2) is 6.71 Å². The van der Waals surface area contributed by atoms with Gasteiger partial charge in [-0.15, -0.1) is 22.7 Å². The molecule has 0 spiro atoms. The van der Waals surface area contributed by atoms with Crippen LogP contribution >= 0.6 is 22.7 Å². The van der Waals surface area contributed by atoms with Crippen LogP contribution in [0.2, 0.25) is 0 Å². The first-order valence-corrected chi connectivity index (χ1v) is 25.3. The number of thiophene rings is 2. The highest BCUT2D eigenvalue weighted by atomic mass is 32.1. The van der Waals surface area contributed by atoms with E-state index in [1.165, 1.54) is 133 Å². The van der Waals surface area contributed by atoms with Crippen molar-refractivity contribution in [3.05, 3.63) is 161 Å². The van der Waals surface area contributed by atoms with Crippen LogP contribution in [0.25, 0.3) is 41.4 Å². The number of aryl methyl sites for hydroxylation is 3. The highest BCUT2D eigenvalue weighted by molar-refractivity contribution is 7.34. The Labute approximate surface area is 393 Å². The Bertz CT molecular complexity index is 3400. The molecule has 5 heteroatoms. The molecule has 2 nitrogen and oxygen atoms in total. The van der Waals surface area contributed by atoms with Crippen LogP contribution in [-0.2, 0) is 29.1 Å². The molecule has 9 aromatic rings. The molecule has 12 rings (SSSR count). The van der Waals surface area contributed by atoms with E-state index in [0.717, 1.165) is 0 Å². The first-order chi connectivity index (χ1) is 31.0. The van der Waals surface area contributed by atoms with E-state index in [0.29, 0.717) is 0 Å². The lowest BCUT2D eigenvalue weighted by Gasteiger charge is -2.43. The molecular weight excluding hydrogens is 824 g/mol. The number of hydrogen-bond acceptors (Lipinski definition) is 4. The second kappa shape index (κ2) is 14.2. The monoisotopic (exact) mass is 880 g/mol. The number of rotatable bonds is 3. The molecule has 0 N–H and O–H groups in total. The SMILES string of the molecule is Cc1cc2c3c(c1)N(c1ccc(-c4ccc(C(C)(C)C)cc4)cc1)c1c(sc4ccc(C(C)(C)C)cc14)B3c1cc3c(cc1N2c1ccc(C(C)(C)C)cc1)sc1c2c(ccc13)CCC2. The van der Waals surface area contributed by atoms with Gasteiger partial charge in [0, 0.05) is 58.1 Å². The van der Waals surface area contributed by atoms with Crippen LogP contribution in [0.15, 0.2) is 127 Å². The van der Waals surface area contributed by atoms with E-state index in [-0.39, 0.29) is 23.0 Å². The third-order valence-electron chi connectivity index (χ3n) is 14.7. The van der Waals surface area contributed by atoms with Crippen molar-refractivity contribution < 1.29 is 0 Å². The number of hydrogen-bond donors (Lipinski definition) is 0. The second-order valence-electron chi connectivity index (χ2n) is 22.2. The highest BCUT2D eigenvalue weighted by Gasteiger charge is 2.46. The van der Waals surface area contributed by atoms with Crippen molar-refractivity contribution >= 4 is 109 Å². The van der Waals surface area contributed by atoms with Crippen molar-refractivity contribution in [1.82, 2.24) is 0 Å². The molecule has 65 heavy (non-hydrogen) atoms. The summed E-state index contributed by atoms with van der Waals surface area (Å²) in [6, 6.07) is 50.3. The Morgan fingerprint density at radius 2 is 1.08 bits per heavy atom. The first kappa shape index (κ1) is 40.9. The lowest BCUT2D eigenvalue weighted by atomic mass is 9.36.